The summed E-state index contributed by atoms with van der Waals surface area (Å²) in [7, 11) is 2.07. The van der Waals surface area contributed by atoms with Gasteiger partial charge in [0.25, 0.3) is 0 Å². The summed E-state index contributed by atoms with van der Waals surface area (Å²) < 4.78 is 5.34. The van der Waals surface area contributed by atoms with Crippen LogP contribution < -0.4 is 5.63 Å². The molecule has 0 spiro atoms. The van der Waals surface area contributed by atoms with Crippen molar-refractivity contribution in [2.24, 2.45) is 0 Å². The summed E-state index contributed by atoms with van der Waals surface area (Å²) in [6.45, 7) is 7.07. The summed E-state index contributed by atoms with van der Waals surface area (Å²) in [6.07, 6.45) is 1.88. The Balaban J connectivity index is 2.52. The van der Waals surface area contributed by atoms with E-state index in [1.165, 1.54) is 0 Å². The van der Waals surface area contributed by atoms with Crippen LogP contribution in [0.25, 0.3) is 11.0 Å². The zero-order chi connectivity index (χ0) is 15.6. The molecule has 1 heterocycles. The molecule has 0 unspecified atom stereocenters. The second kappa shape index (κ2) is 6.63. The smallest absolute Gasteiger partial charge is 0.336 e. The van der Waals surface area contributed by atoms with Crippen LogP contribution in [0.4, 0.5) is 0 Å². The molecule has 0 aliphatic carbocycles. The molecular formula is C17H22ClNO2. The number of halogens is 1. The van der Waals surface area contributed by atoms with Gasteiger partial charge < -0.3 is 4.42 Å². The predicted molar refractivity (Wildman–Crippen MR) is 88.1 cm³/mol. The van der Waals surface area contributed by atoms with Crippen LogP contribution in [0.1, 0.15) is 38.3 Å². The summed E-state index contributed by atoms with van der Waals surface area (Å²) in [5.41, 5.74) is 2.28. The Morgan fingerprint density at radius 3 is 2.57 bits per heavy atom. The highest BCUT2D eigenvalue weighted by Gasteiger charge is 2.13. The van der Waals surface area contributed by atoms with Crippen molar-refractivity contribution in [3.8, 4) is 0 Å². The number of aryl methyl sites for hydroxylation is 1. The molecule has 1 atom stereocenters. The molecule has 1 aromatic carbocycles. The van der Waals surface area contributed by atoms with Crippen molar-refractivity contribution in [3.05, 3.63) is 44.8 Å². The van der Waals surface area contributed by atoms with Crippen LogP contribution >= 0.6 is 11.6 Å². The first-order chi connectivity index (χ1) is 9.96. The molecule has 0 N–H and O–H groups in total. The Morgan fingerprint density at radius 1 is 1.24 bits per heavy atom. The van der Waals surface area contributed by atoms with Gasteiger partial charge in [0.05, 0.1) is 0 Å². The normalized spacial score (nSPS) is 13.0. The molecular weight excluding hydrogens is 286 g/mol. The molecule has 4 heteroatoms. The fraction of sp³-hybridized carbons (Fsp3) is 0.471. The molecule has 0 amide bonds. The van der Waals surface area contributed by atoms with Gasteiger partial charge >= 0.3 is 5.63 Å². The summed E-state index contributed by atoms with van der Waals surface area (Å²) in [5, 5.41) is 1.65. The number of fused-ring (bicyclic) bond motifs is 1. The van der Waals surface area contributed by atoms with Gasteiger partial charge in [0.2, 0.25) is 0 Å². The van der Waals surface area contributed by atoms with Crippen LogP contribution in [0.5, 0.6) is 0 Å². The average Bonchev–Trinajstić information content (AvgIpc) is 2.46. The van der Waals surface area contributed by atoms with E-state index in [4.69, 9.17) is 16.0 Å². The molecule has 0 bridgehead atoms. The van der Waals surface area contributed by atoms with Gasteiger partial charge in [0.1, 0.15) is 5.58 Å². The van der Waals surface area contributed by atoms with Gasteiger partial charge in [0.15, 0.2) is 0 Å². The first-order valence-electron chi connectivity index (χ1n) is 7.41. The molecule has 0 aliphatic rings. The van der Waals surface area contributed by atoms with Crippen molar-refractivity contribution < 1.29 is 4.42 Å². The van der Waals surface area contributed by atoms with Crippen molar-refractivity contribution >= 4 is 22.6 Å². The van der Waals surface area contributed by atoms with E-state index in [-0.39, 0.29) is 5.63 Å². The first-order valence-corrected chi connectivity index (χ1v) is 7.79. The second-order valence-corrected chi connectivity index (χ2v) is 5.96. The Kier molecular flexibility index (Phi) is 5.07. The van der Waals surface area contributed by atoms with Crippen LogP contribution in [-0.2, 0) is 13.0 Å². The van der Waals surface area contributed by atoms with E-state index in [2.05, 4.69) is 25.8 Å². The highest BCUT2D eigenvalue weighted by Crippen LogP contribution is 2.27. The fourth-order valence-corrected chi connectivity index (χ4v) is 2.72. The van der Waals surface area contributed by atoms with Crippen LogP contribution in [0, 0.1) is 0 Å². The summed E-state index contributed by atoms with van der Waals surface area (Å²) in [6, 6.07) is 5.82. The Morgan fingerprint density at radius 2 is 1.95 bits per heavy atom. The van der Waals surface area contributed by atoms with E-state index >= 15 is 0 Å². The van der Waals surface area contributed by atoms with E-state index < -0.39 is 0 Å². The molecule has 0 saturated heterocycles. The molecule has 0 radical (unpaired) electrons. The lowest BCUT2D eigenvalue weighted by Gasteiger charge is -2.24. The lowest BCUT2D eigenvalue weighted by atomic mass is 10.1. The highest BCUT2D eigenvalue weighted by atomic mass is 35.5. The molecule has 21 heavy (non-hydrogen) atoms. The largest absolute Gasteiger partial charge is 0.423 e. The highest BCUT2D eigenvalue weighted by molar-refractivity contribution is 6.32. The van der Waals surface area contributed by atoms with E-state index in [0.29, 0.717) is 18.2 Å². The second-order valence-electron chi connectivity index (χ2n) is 5.56. The molecule has 1 aromatic heterocycles. The van der Waals surface area contributed by atoms with E-state index in [1.807, 2.05) is 19.1 Å². The maximum absolute atomic E-state index is 11.8. The number of rotatable bonds is 5. The van der Waals surface area contributed by atoms with Gasteiger partial charge in [-0.2, -0.15) is 0 Å². The molecule has 114 valence electrons. The predicted octanol–water partition coefficient (Wildman–Crippen LogP) is 4.24. The van der Waals surface area contributed by atoms with Crippen LogP contribution in [0.15, 0.2) is 27.4 Å². The maximum Gasteiger partial charge on any atom is 0.336 e. The monoisotopic (exact) mass is 307 g/mol. The standard InChI is InChI=1S/C17H22ClNO2/c1-5-11(3)19(4)10-13-8-17(20)21-16-7-12(6-2)15(18)9-14(13)16/h7-9,11H,5-6,10H2,1-4H3/t11-/m0/s1. The van der Waals surface area contributed by atoms with Gasteiger partial charge in [-0.05, 0) is 50.1 Å². The number of hydrogen-bond acceptors (Lipinski definition) is 3. The maximum atomic E-state index is 11.8. The zero-order valence-corrected chi connectivity index (χ0v) is 13.8. The Bertz CT molecular complexity index is 693. The minimum Gasteiger partial charge on any atom is -0.423 e. The summed E-state index contributed by atoms with van der Waals surface area (Å²) >= 11 is 6.31. The quantitative estimate of drug-likeness (QED) is 0.775. The average molecular weight is 308 g/mol. The van der Waals surface area contributed by atoms with Gasteiger partial charge in [-0.3, -0.25) is 4.90 Å². The SMILES string of the molecule is CCc1cc2oc(=O)cc(CN(C)[C@@H](C)CC)c2cc1Cl. The minimum atomic E-state index is -0.306. The minimum absolute atomic E-state index is 0.306. The number of benzene rings is 1. The van der Waals surface area contributed by atoms with Crippen molar-refractivity contribution in [1.82, 2.24) is 4.90 Å². The fourth-order valence-electron chi connectivity index (χ4n) is 2.43. The third-order valence-corrected chi connectivity index (χ3v) is 4.49. The van der Waals surface area contributed by atoms with Gasteiger partial charge in [-0.15, -0.1) is 0 Å². The van der Waals surface area contributed by atoms with Crippen molar-refractivity contribution in [3.63, 3.8) is 0 Å². The molecule has 2 aromatic rings. The lowest BCUT2D eigenvalue weighted by Crippen LogP contribution is -2.28. The van der Waals surface area contributed by atoms with Gasteiger partial charge in [0, 0.05) is 29.1 Å². The first kappa shape index (κ1) is 16.1. The van der Waals surface area contributed by atoms with Crippen LogP contribution in [0.3, 0.4) is 0 Å². The Labute approximate surface area is 130 Å². The lowest BCUT2D eigenvalue weighted by molar-refractivity contribution is 0.244. The molecule has 0 aliphatic heterocycles. The van der Waals surface area contributed by atoms with Crippen molar-refractivity contribution in [2.75, 3.05) is 7.05 Å². The van der Waals surface area contributed by atoms with Gasteiger partial charge in [-0.25, -0.2) is 4.79 Å². The molecule has 3 nitrogen and oxygen atoms in total. The number of hydrogen-bond donors (Lipinski definition) is 0. The van der Waals surface area contributed by atoms with E-state index in [1.54, 1.807) is 6.07 Å². The third-order valence-electron chi connectivity index (χ3n) is 4.14. The molecule has 0 fully saturated rings. The molecule has 2 rings (SSSR count). The van der Waals surface area contributed by atoms with Crippen LogP contribution in [-0.4, -0.2) is 18.0 Å². The summed E-state index contributed by atoms with van der Waals surface area (Å²) in [4.78, 5) is 14.0. The Hall–Kier alpha value is -1.32. The third kappa shape index (κ3) is 3.47. The van der Waals surface area contributed by atoms with Gasteiger partial charge in [-0.1, -0.05) is 25.4 Å². The number of nitrogens with zero attached hydrogens (tertiary/aromatic N) is 1. The van der Waals surface area contributed by atoms with Crippen molar-refractivity contribution in [1.29, 1.82) is 0 Å². The van der Waals surface area contributed by atoms with Crippen LogP contribution in [0.2, 0.25) is 5.02 Å². The van der Waals surface area contributed by atoms with Crippen molar-refractivity contribution in [2.45, 2.75) is 46.2 Å². The summed E-state index contributed by atoms with van der Waals surface area (Å²) in [5.74, 6) is 0. The zero-order valence-electron chi connectivity index (χ0n) is 13.1. The van der Waals surface area contributed by atoms with E-state index in [9.17, 15) is 4.79 Å². The van der Waals surface area contributed by atoms with E-state index in [0.717, 1.165) is 34.4 Å². The topological polar surface area (TPSA) is 33.5 Å². The molecule has 0 saturated carbocycles.